The van der Waals surface area contributed by atoms with Gasteiger partial charge in [0, 0.05) is 12.1 Å². The van der Waals surface area contributed by atoms with Crippen molar-refractivity contribution in [3.05, 3.63) is 23.5 Å². The maximum Gasteiger partial charge on any atom is 0.240 e. The highest BCUT2D eigenvalue weighted by atomic mass is 32.2. The Morgan fingerprint density at radius 3 is 2.67 bits per heavy atom. The lowest BCUT2D eigenvalue weighted by molar-refractivity contribution is 0.384. The monoisotopic (exact) mass is 276 g/mol. The number of ether oxygens (including phenoxy) is 1. The predicted molar refractivity (Wildman–Crippen MR) is 66.5 cm³/mol. The molecule has 5 nitrogen and oxygen atoms in total. The zero-order chi connectivity index (χ0) is 13.8. The minimum absolute atomic E-state index is 0.0217. The number of halogens is 1. The number of benzene rings is 1. The lowest BCUT2D eigenvalue weighted by Crippen LogP contribution is -2.27. The molecule has 0 radical (unpaired) electrons. The third kappa shape index (κ3) is 3.18. The molecule has 102 valence electrons. The van der Waals surface area contributed by atoms with E-state index in [1.54, 1.807) is 0 Å². The van der Waals surface area contributed by atoms with E-state index in [0.717, 1.165) is 0 Å². The van der Waals surface area contributed by atoms with Crippen LogP contribution in [0.4, 0.5) is 4.39 Å². The Hall–Kier alpha value is -1.18. The van der Waals surface area contributed by atoms with Crippen molar-refractivity contribution in [2.75, 3.05) is 20.2 Å². The van der Waals surface area contributed by atoms with E-state index in [1.807, 2.05) is 0 Å². The highest BCUT2D eigenvalue weighted by molar-refractivity contribution is 7.89. The molecule has 0 unspecified atom stereocenters. The highest BCUT2D eigenvalue weighted by Crippen LogP contribution is 2.25. The van der Waals surface area contributed by atoms with Gasteiger partial charge in [-0.25, -0.2) is 17.5 Å². The number of hydrogen-bond donors (Lipinski definition) is 2. The fraction of sp³-hybridized carbons (Fsp3) is 0.455. The summed E-state index contributed by atoms with van der Waals surface area (Å²) in [5, 5.41) is 0. The number of methoxy groups -OCH3 is 1. The van der Waals surface area contributed by atoms with Crippen LogP contribution in [0.25, 0.3) is 0 Å². The predicted octanol–water partition coefficient (Wildman–Crippen LogP) is 0.770. The van der Waals surface area contributed by atoms with E-state index in [4.69, 9.17) is 10.5 Å². The molecule has 0 fully saturated rings. The van der Waals surface area contributed by atoms with Crippen molar-refractivity contribution in [3.8, 4) is 5.75 Å². The number of hydrogen-bond acceptors (Lipinski definition) is 4. The van der Waals surface area contributed by atoms with Gasteiger partial charge < -0.3 is 10.5 Å². The van der Waals surface area contributed by atoms with E-state index in [1.165, 1.54) is 26.2 Å². The molecule has 3 N–H and O–H groups in total. The fourth-order valence-corrected chi connectivity index (χ4v) is 2.79. The lowest BCUT2D eigenvalue weighted by atomic mass is 10.2. The summed E-state index contributed by atoms with van der Waals surface area (Å²) in [6.45, 7) is 2.01. The van der Waals surface area contributed by atoms with Crippen LogP contribution < -0.4 is 15.2 Å². The first kappa shape index (κ1) is 14.9. The minimum atomic E-state index is -3.71. The Kier molecular flexibility index (Phi) is 5.06. The van der Waals surface area contributed by atoms with Crippen molar-refractivity contribution in [1.29, 1.82) is 0 Å². The van der Waals surface area contributed by atoms with Crippen LogP contribution in [0.2, 0.25) is 0 Å². The number of rotatable bonds is 6. The maximum atomic E-state index is 13.7. The average Bonchev–Trinajstić information content (AvgIpc) is 2.32. The number of nitrogens with two attached hydrogens (primary N) is 1. The first-order valence-corrected chi connectivity index (χ1v) is 6.95. The molecule has 18 heavy (non-hydrogen) atoms. The second-order valence-corrected chi connectivity index (χ2v) is 5.48. The second-order valence-electron chi connectivity index (χ2n) is 3.74. The molecule has 0 spiro atoms. The van der Waals surface area contributed by atoms with Crippen molar-refractivity contribution in [1.82, 2.24) is 4.72 Å². The standard InChI is InChI=1S/C11H17FN2O3S/c1-8-10(5-4-9(17-2)11(8)12)18(15,16)14-7-3-6-13/h4-5,14H,3,6-7,13H2,1-2H3. The normalized spacial score (nSPS) is 11.6. The van der Waals surface area contributed by atoms with Gasteiger partial charge in [-0.05, 0) is 32.0 Å². The van der Waals surface area contributed by atoms with Crippen molar-refractivity contribution in [3.63, 3.8) is 0 Å². The Balaban J connectivity index is 3.06. The molecule has 0 aliphatic heterocycles. The molecule has 0 saturated heterocycles. The van der Waals surface area contributed by atoms with Crippen LogP contribution in [0, 0.1) is 12.7 Å². The molecule has 0 aromatic heterocycles. The first-order chi connectivity index (χ1) is 8.44. The van der Waals surface area contributed by atoms with Crippen molar-refractivity contribution >= 4 is 10.0 Å². The molecule has 7 heteroatoms. The molecule has 0 bridgehead atoms. The number of nitrogens with one attached hydrogen (secondary N) is 1. The van der Waals surface area contributed by atoms with E-state index in [2.05, 4.69) is 4.72 Å². The van der Waals surface area contributed by atoms with Gasteiger partial charge >= 0.3 is 0 Å². The van der Waals surface area contributed by atoms with Gasteiger partial charge in [-0.3, -0.25) is 0 Å². The van der Waals surface area contributed by atoms with Crippen LogP contribution in [0.3, 0.4) is 0 Å². The molecular weight excluding hydrogens is 259 g/mol. The van der Waals surface area contributed by atoms with Gasteiger partial charge in [0.05, 0.1) is 12.0 Å². The first-order valence-electron chi connectivity index (χ1n) is 5.47. The third-order valence-electron chi connectivity index (χ3n) is 2.48. The smallest absolute Gasteiger partial charge is 0.240 e. The van der Waals surface area contributed by atoms with Gasteiger partial charge in [-0.15, -0.1) is 0 Å². The Labute approximate surface area is 106 Å². The fourth-order valence-electron chi connectivity index (χ4n) is 1.48. The zero-order valence-electron chi connectivity index (χ0n) is 10.4. The SMILES string of the molecule is COc1ccc(S(=O)(=O)NCCCN)c(C)c1F. The average molecular weight is 276 g/mol. The molecule has 0 heterocycles. The van der Waals surface area contributed by atoms with Gasteiger partial charge in [0.1, 0.15) is 0 Å². The van der Waals surface area contributed by atoms with E-state index in [9.17, 15) is 12.8 Å². The van der Waals surface area contributed by atoms with Crippen LogP contribution >= 0.6 is 0 Å². The summed E-state index contributed by atoms with van der Waals surface area (Å²) in [7, 11) is -2.39. The van der Waals surface area contributed by atoms with Crippen LogP contribution in [0.1, 0.15) is 12.0 Å². The summed E-state index contributed by atoms with van der Waals surface area (Å²) in [6, 6.07) is 2.61. The van der Waals surface area contributed by atoms with E-state index in [-0.39, 0.29) is 22.8 Å². The Bertz CT molecular complexity index is 517. The Morgan fingerprint density at radius 2 is 2.11 bits per heavy atom. The summed E-state index contributed by atoms with van der Waals surface area (Å²) in [5.74, 6) is -0.646. The molecule has 1 rings (SSSR count). The topological polar surface area (TPSA) is 81.4 Å². The van der Waals surface area contributed by atoms with Crippen LogP contribution in [-0.2, 0) is 10.0 Å². The van der Waals surface area contributed by atoms with Crippen LogP contribution in [0.5, 0.6) is 5.75 Å². The maximum absolute atomic E-state index is 13.7. The van der Waals surface area contributed by atoms with Crippen molar-refractivity contribution in [2.45, 2.75) is 18.2 Å². The second kappa shape index (κ2) is 6.12. The molecule has 0 aliphatic rings. The quantitative estimate of drug-likeness (QED) is 0.752. The van der Waals surface area contributed by atoms with Crippen LogP contribution in [-0.4, -0.2) is 28.6 Å². The zero-order valence-corrected chi connectivity index (χ0v) is 11.2. The molecule has 0 saturated carbocycles. The van der Waals surface area contributed by atoms with E-state index < -0.39 is 15.8 Å². The van der Waals surface area contributed by atoms with Crippen LogP contribution in [0.15, 0.2) is 17.0 Å². The summed E-state index contributed by atoms with van der Waals surface area (Å²) in [4.78, 5) is -0.0854. The van der Waals surface area contributed by atoms with Gasteiger partial charge in [-0.1, -0.05) is 0 Å². The summed E-state index contributed by atoms with van der Waals surface area (Å²) < 4.78 is 44.7. The lowest BCUT2D eigenvalue weighted by Gasteiger charge is -2.11. The number of sulfonamides is 1. The molecule has 0 aliphatic carbocycles. The van der Waals surface area contributed by atoms with E-state index in [0.29, 0.717) is 13.0 Å². The highest BCUT2D eigenvalue weighted by Gasteiger charge is 2.20. The van der Waals surface area contributed by atoms with Gasteiger partial charge in [-0.2, -0.15) is 0 Å². The van der Waals surface area contributed by atoms with Gasteiger partial charge in [0.25, 0.3) is 0 Å². The third-order valence-corrected chi connectivity index (χ3v) is 4.09. The molecular formula is C11H17FN2O3S. The molecule has 1 aromatic rings. The minimum Gasteiger partial charge on any atom is -0.494 e. The van der Waals surface area contributed by atoms with Gasteiger partial charge in [0.15, 0.2) is 11.6 Å². The Morgan fingerprint density at radius 1 is 1.44 bits per heavy atom. The van der Waals surface area contributed by atoms with Gasteiger partial charge in [0.2, 0.25) is 10.0 Å². The molecule has 0 atom stereocenters. The molecule has 0 amide bonds. The van der Waals surface area contributed by atoms with E-state index >= 15 is 0 Å². The largest absolute Gasteiger partial charge is 0.494 e. The summed E-state index contributed by atoms with van der Waals surface area (Å²) in [5.41, 5.74) is 5.31. The molecule has 1 aromatic carbocycles. The van der Waals surface area contributed by atoms with Crippen molar-refractivity contribution < 1.29 is 17.5 Å². The summed E-state index contributed by atoms with van der Waals surface area (Å²) >= 11 is 0. The van der Waals surface area contributed by atoms with Crippen molar-refractivity contribution in [2.24, 2.45) is 5.73 Å². The summed E-state index contributed by atoms with van der Waals surface area (Å²) in [6.07, 6.45) is 0.525.